The molecule has 0 unspecified atom stereocenters. The number of ether oxygens (including phenoxy) is 2. The van der Waals surface area contributed by atoms with Crippen LogP contribution in [0.4, 0.5) is 5.69 Å². The van der Waals surface area contributed by atoms with Crippen LogP contribution in [-0.2, 0) is 17.8 Å². The fourth-order valence-electron chi connectivity index (χ4n) is 2.44. The van der Waals surface area contributed by atoms with Crippen molar-refractivity contribution in [2.24, 2.45) is 0 Å². The van der Waals surface area contributed by atoms with Crippen LogP contribution in [0.3, 0.4) is 0 Å². The average Bonchev–Trinajstić information content (AvgIpc) is 3.13. The molecule has 0 saturated carbocycles. The molecule has 0 aliphatic rings. The van der Waals surface area contributed by atoms with Gasteiger partial charge >= 0.3 is 11.7 Å². The van der Waals surface area contributed by atoms with Gasteiger partial charge in [0.25, 0.3) is 0 Å². The number of aromatic nitrogens is 1. The highest BCUT2D eigenvalue weighted by Crippen LogP contribution is 2.29. The van der Waals surface area contributed by atoms with Gasteiger partial charge < -0.3 is 9.47 Å². The van der Waals surface area contributed by atoms with Crippen molar-refractivity contribution in [1.82, 2.24) is 4.98 Å². The van der Waals surface area contributed by atoms with Crippen LogP contribution < -0.4 is 4.74 Å². The molecule has 0 bridgehead atoms. The van der Waals surface area contributed by atoms with Gasteiger partial charge in [0.2, 0.25) is 0 Å². The van der Waals surface area contributed by atoms with E-state index < -0.39 is 10.9 Å². The van der Waals surface area contributed by atoms with Gasteiger partial charge in [-0.25, -0.2) is 9.78 Å². The minimum Gasteiger partial charge on any atom is -0.480 e. The number of carbonyl (C=O) groups excluding carboxylic acids is 1. The molecule has 8 heteroatoms. The summed E-state index contributed by atoms with van der Waals surface area (Å²) in [6.07, 6.45) is 0.712. The molecule has 27 heavy (non-hydrogen) atoms. The number of hydrogen-bond donors (Lipinski definition) is 0. The van der Waals surface area contributed by atoms with Crippen molar-refractivity contribution in [1.29, 1.82) is 0 Å². The number of carbonyl (C=O) groups is 1. The average molecular weight is 384 g/mol. The molecule has 1 heterocycles. The Bertz CT molecular complexity index is 956. The molecule has 2 aromatic carbocycles. The second kappa shape index (κ2) is 8.41. The van der Waals surface area contributed by atoms with Crippen molar-refractivity contribution >= 4 is 23.0 Å². The minimum absolute atomic E-state index is 0.000472. The molecule has 0 aliphatic carbocycles. The highest BCUT2D eigenvalue weighted by molar-refractivity contribution is 7.09. The first-order valence-corrected chi connectivity index (χ1v) is 8.91. The van der Waals surface area contributed by atoms with E-state index in [1.165, 1.54) is 36.6 Å². The minimum atomic E-state index is -0.589. The van der Waals surface area contributed by atoms with Crippen molar-refractivity contribution < 1.29 is 19.2 Å². The number of nitro groups is 1. The van der Waals surface area contributed by atoms with Gasteiger partial charge in [0.15, 0.2) is 5.75 Å². The van der Waals surface area contributed by atoms with E-state index in [-0.39, 0.29) is 23.6 Å². The lowest BCUT2D eigenvalue weighted by atomic mass is 10.2. The van der Waals surface area contributed by atoms with E-state index in [1.54, 1.807) is 0 Å². The summed E-state index contributed by atoms with van der Waals surface area (Å²) in [5, 5.41) is 14.0. The lowest BCUT2D eigenvalue weighted by Crippen LogP contribution is -2.04. The molecule has 7 nitrogen and oxygen atoms in total. The zero-order valence-electron chi connectivity index (χ0n) is 14.5. The quantitative estimate of drug-likeness (QED) is 0.347. The highest BCUT2D eigenvalue weighted by atomic mass is 32.1. The first-order chi connectivity index (χ1) is 13.1. The van der Waals surface area contributed by atoms with Gasteiger partial charge in [-0.1, -0.05) is 30.3 Å². The van der Waals surface area contributed by atoms with Gasteiger partial charge in [0.05, 0.1) is 28.3 Å². The maximum atomic E-state index is 11.6. The van der Waals surface area contributed by atoms with E-state index >= 15 is 0 Å². The molecule has 0 aliphatic heterocycles. The van der Waals surface area contributed by atoms with E-state index in [0.717, 1.165) is 10.6 Å². The van der Waals surface area contributed by atoms with Gasteiger partial charge in [0, 0.05) is 23.9 Å². The van der Waals surface area contributed by atoms with Crippen molar-refractivity contribution in [3.8, 4) is 5.75 Å². The van der Waals surface area contributed by atoms with Gasteiger partial charge in [-0.3, -0.25) is 10.1 Å². The molecule has 3 rings (SSSR count). The number of methoxy groups -OCH3 is 1. The van der Waals surface area contributed by atoms with E-state index in [0.29, 0.717) is 12.1 Å². The summed E-state index contributed by atoms with van der Waals surface area (Å²) in [5.74, 6) is -0.589. The van der Waals surface area contributed by atoms with Crippen molar-refractivity contribution in [3.63, 3.8) is 0 Å². The lowest BCUT2D eigenvalue weighted by Gasteiger charge is -2.07. The highest BCUT2D eigenvalue weighted by Gasteiger charge is 2.19. The second-order valence-electron chi connectivity index (χ2n) is 5.61. The van der Waals surface area contributed by atoms with Crippen LogP contribution in [0, 0.1) is 10.1 Å². The number of esters is 1. The summed E-state index contributed by atoms with van der Waals surface area (Å²) in [6, 6.07) is 13.8. The predicted molar refractivity (Wildman–Crippen MR) is 100 cm³/mol. The van der Waals surface area contributed by atoms with Crippen LogP contribution in [0.1, 0.15) is 26.6 Å². The first kappa shape index (κ1) is 18.5. The zero-order chi connectivity index (χ0) is 19.2. The van der Waals surface area contributed by atoms with Crippen LogP contribution in [-0.4, -0.2) is 23.0 Å². The monoisotopic (exact) mass is 384 g/mol. The molecule has 0 fully saturated rings. The predicted octanol–water partition coefficient (Wildman–Crippen LogP) is 4.01. The summed E-state index contributed by atoms with van der Waals surface area (Å²) < 4.78 is 10.2. The number of thiazole rings is 1. The summed E-state index contributed by atoms with van der Waals surface area (Å²) in [7, 11) is 1.24. The fraction of sp³-hybridized carbons (Fsp3) is 0.158. The van der Waals surface area contributed by atoms with Crippen LogP contribution in [0.15, 0.2) is 53.9 Å². The molecule has 0 atom stereocenters. The Morgan fingerprint density at radius 3 is 2.70 bits per heavy atom. The lowest BCUT2D eigenvalue weighted by molar-refractivity contribution is -0.385. The third kappa shape index (κ3) is 4.68. The Morgan fingerprint density at radius 2 is 2.00 bits per heavy atom. The molecule has 0 radical (unpaired) electrons. The first-order valence-electron chi connectivity index (χ1n) is 8.03. The Labute approximate surface area is 159 Å². The molecule has 3 aromatic rings. The topological polar surface area (TPSA) is 91.6 Å². The van der Waals surface area contributed by atoms with E-state index in [2.05, 4.69) is 9.72 Å². The Balaban J connectivity index is 1.72. The fourth-order valence-corrected chi connectivity index (χ4v) is 3.26. The van der Waals surface area contributed by atoms with Gasteiger partial charge in [-0.15, -0.1) is 11.3 Å². The van der Waals surface area contributed by atoms with Crippen LogP contribution in [0.5, 0.6) is 5.75 Å². The summed E-state index contributed by atoms with van der Waals surface area (Å²) in [5.41, 5.74) is 1.79. The maximum absolute atomic E-state index is 11.6. The SMILES string of the molecule is COC(=O)c1ccc([N+](=O)[O-])c(OCc2csc(Cc3ccccc3)n2)c1. The molecule has 0 N–H and O–H groups in total. The molecule has 0 amide bonds. The number of nitrogens with zero attached hydrogens (tertiary/aromatic N) is 2. The van der Waals surface area contributed by atoms with Gasteiger partial charge in [0.1, 0.15) is 6.61 Å². The van der Waals surface area contributed by atoms with E-state index in [1.807, 2.05) is 35.7 Å². The normalized spacial score (nSPS) is 10.4. The molecule has 0 spiro atoms. The summed E-state index contributed by atoms with van der Waals surface area (Å²) in [4.78, 5) is 26.8. The largest absolute Gasteiger partial charge is 0.480 e. The van der Waals surface area contributed by atoms with Gasteiger partial charge in [-0.05, 0) is 11.6 Å². The molecule has 1 aromatic heterocycles. The van der Waals surface area contributed by atoms with Crippen LogP contribution in [0.25, 0.3) is 0 Å². The number of nitro benzene ring substituents is 1. The van der Waals surface area contributed by atoms with E-state index in [4.69, 9.17) is 4.74 Å². The molecule has 138 valence electrons. The standard InChI is InChI=1S/C19H16N2O5S/c1-25-19(22)14-7-8-16(21(23)24)17(10-14)26-11-15-12-27-18(20-15)9-13-5-3-2-4-6-13/h2-8,10,12H,9,11H2,1H3. The second-order valence-corrected chi connectivity index (χ2v) is 6.56. The van der Waals surface area contributed by atoms with Crippen molar-refractivity contribution in [3.05, 3.63) is 85.9 Å². The molecule has 0 saturated heterocycles. The summed E-state index contributed by atoms with van der Waals surface area (Å²) >= 11 is 1.50. The van der Waals surface area contributed by atoms with Crippen molar-refractivity contribution in [2.75, 3.05) is 7.11 Å². The number of benzene rings is 2. The smallest absolute Gasteiger partial charge is 0.337 e. The third-order valence-corrected chi connectivity index (χ3v) is 4.65. The Morgan fingerprint density at radius 1 is 1.22 bits per heavy atom. The number of rotatable bonds is 7. The molecular formula is C19H16N2O5S. The Hall–Kier alpha value is -3.26. The number of hydrogen-bond acceptors (Lipinski definition) is 7. The third-order valence-electron chi connectivity index (χ3n) is 3.75. The van der Waals surface area contributed by atoms with Crippen LogP contribution >= 0.6 is 11.3 Å². The van der Waals surface area contributed by atoms with Crippen molar-refractivity contribution in [2.45, 2.75) is 13.0 Å². The Kier molecular flexibility index (Phi) is 5.77. The summed E-state index contributed by atoms with van der Waals surface area (Å²) in [6.45, 7) is 0.0662. The van der Waals surface area contributed by atoms with Gasteiger partial charge in [-0.2, -0.15) is 0 Å². The maximum Gasteiger partial charge on any atom is 0.337 e. The zero-order valence-corrected chi connectivity index (χ0v) is 15.3. The molecular weight excluding hydrogens is 368 g/mol. The van der Waals surface area contributed by atoms with Crippen LogP contribution in [0.2, 0.25) is 0 Å². The van der Waals surface area contributed by atoms with E-state index in [9.17, 15) is 14.9 Å².